The maximum atomic E-state index is 6.57. The fourth-order valence-electron chi connectivity index (χ4n) is 3.11. The zero-order valence-electron chi connectivity index (χ0n) is 19.1. The minimum absolute atomic E-state index is 0.353. The number of rotatable bonds is 16. The highest BCUT2D eigenvalue weighted by Crippen LogP contribution is 2.49. The summed E-state index contributed by atoms with van der Waals surface area (Å²) in [5, 5.41) is 0. The van der Waals surface area contributed by atoms with E-state index >= 15 is 0 Å². The fourth-order valence-corrected chi connectivity index (χ4v) is 12.2. The van der Waals surface area contributed by atoms with Crippen molar-refractivity contribution in [2.75, 3.05) is 26.4 Å². The Morgan fingerprint density at radius 3 is 1.04 bits per heavy atom. The quantitative estimate of drug-likeness (QED) is 0.284. The van der Waals surface area contributed by atoms with Gasteiger partial charge in [0, 0.05) is 26.4 Å². The molecule has 6 heteroatoms. The van der Waals surface area contributed by atoms with E-state index in [2.05, 4.69) is 65.1 Å². The van der Waals surface area contributed by atoms with Gasteiger partial charge in [-0.1, -0.05) is 53.7 Å². The normalized spacial score (nSPS) is 13.9. The van der Waals surface area contributed by atoms with Crippen molar-refractivity contribution in [1.29, 1.82) is 0 Å². The zero-order valence-corrected chi connectivity index (χ0v) is 21.1. The first-order valence-corrected chi connectivity index (χ1v) is 14.5. The van der Waals surface area contributed by atoms with Gasteiger partial charge in [0.1, 0.15) is 0 Å². The van der Waals surface area contributed by atoms with Crippen molar-refractivity contribution >= 4 is 17.1 Å². The summed E-state index contributed by atoms with van der Waals surface area (Å²) < 4.78 is 25.9. The van der Waals surface area contributed by atoms with E-state index < -0.39 is 17.1 Å². The molecular weight excluding hydrogens is 372 g/mol. The molecule has 0 radical (unpaired) electrons. The lowest BCUT2D eigenvalue weighted by Crippen LogP contribution is -2.65. The third-order valence-corrected chi connectivity index (χ3v) is 14.2. The van der Waals surface area contributed by atoms with Crippen LogP contribution in [-0.2, 0) is 17.7 Å². The van der Waals surface area contributed by atoms with Crippen LogP contribution in [0, 0.1) is 0 Å². The first kappa shape index (κ1) is 26.8. The van der Waals surface area contributed by atoms with Crippen LogP contribution in [0.1, 0.15) is 81.1 Å². The molecule has 0 aromatic rings. The lowest BCUT2D eigenvalue weighted by molar-refractivity contribution is 0.131. The molecule has 0 aliphatic carbocycles. The summed E-state index contributed by atoms with van der Waals surface area (Å²) in [6.45, 7) is 19.9. The van der Waals surface area contributed by atoms with Gasteiger partial charge in [0.25, 0.3) is 0 Å². The van der Waals surface area contributed by atoms with E-state index in [0.717, 1.165) is 25.7 Å². The van der Waals surface area contributed by atoms with Crippen molar-refractivity contribution in [2.24, 2.45) is 0 Å². The van der Waals surface area contributed by atoms with Gasteiger partial charge in [0.05, 0.1) is 4.66 Å². The van der Waals surface area contributed by atoms with Crippen LogP contribution in [0.25, 0.3) is 0 Å². The van der Waals surface area contributed by atoms with Gasteiger partial charge in [-0.3, -0.25) is 0 Å². The Balaban J connectivity index is 6.38. The van der Waals surface area contributed by atoms with Crippen molar-refractivity contribution in [3.05, 3.63) is 23.6 Å². The van der Waals surface area contributed by atoms with Crippen LogP contribution in [-0.4, -0.2) is 43.5 Å². The van der Waals surface area contributed by atoms with E-state index in [1.807, 2.05) is 13.8 Å². The maximum absolute atomic E-state index is 6.57. The Morgan fingerprint density at radius 1 is 0.593 bits per heavy atom. The highest BCUT2D eigenvalue weighted by molar-refractivity contribution is 6.95. The summed E-state index contributed by atoms with van der Waals surface area (Å²) in [5.41, 5.74) is 4.38. The first-order valence-electron chi connectivity index (χ1n) is 10.7. The van der Waals surface area contributed by atoms with Crippen molar-refractivity contribution < 1.29 is 17.7 Å². The molecule has 0 saturated heterocycles. The molecule has 160 valence electrons. The molecule has 0 saturated carbocycles. The molecule has 27 heavy (non-hydrogen) atoms. The lowest BCUT2D eigenvalue weighted by atomic mass is 10.5. The van der Waals surface area contributed by atoms with Gasteiger partial charge in [0.2, 0.25) is 0 Å². The van der Waals surface area contributed by atoms with Crippen molar-refractivity contribution in [3.63, 3.8) is 0 Å². The van der Waals surface area contributed by atoms with Crippen LogP contribution in [0.15, 0.2) is 23.6 Å². The molecule has 0 aromatic carbocycles. The smallest absolute Gasteiger partial charge is 0.372 e. The molecule has 0 aliphatic rings. The van der Waals surface area contributed by atoms with Crippen molar-refractivity contribution in [1.82, 2.24) is 0 Å². The van der Waals surface area contributed by atoms with Crippen LogP contribution in [0.5, 0.6) is 0 Å². The molecule has 4 nitrogen and oxygen atoms in total. The highest BCUT2D eigenvalue weighted by Gasteiger charge is 2.65. The van der Waals surface area contributed by atoms with Crippen LogP contribution >= 0.6 is 0 Å². The molecule has 0 amide bonds. The van der Waals surface area contributed by atoms with Crippen LogP contribution in [0.3, 0.4) is 0 Å². The third-order valence-electron chi connectivity index (χ3n) is 4.60. The standard InChI is InChI=1S/C21H44O4Si2/c1-9-15-22-26(19-13-5,23-16-10-2)21(7,8)27(20-14-6,24-17-11-3)25-18-12-4/h13-14,19-20H,9-12,15-18H2,1-8H3. The minimum Gasteiger partial charge on any atom is -0.391 e. The van der Waals surface area contributed by atoms with Gasteiger partial charge in [-0.2, -0.15) is 0 Å². The topological polar surface area (TPSA) is 36.9 Å². The molecule has 0 spiro atoms. The van der Waals surface area contributed by atoms with Gasteiger partial charge >= 0.3 is 17.1 Å². The molecule has 0 aliphatic heterocycles. The van der Waals surface area contributed by atoms with E-state index in [-0.39, 0.29) is 4.66 Å². The highest BCUT2D eigenvalue weighted by atomic mass is 28.4. The Kier molecular flexibility index (Phi) is 13.7. The molecule has 0 heterocycles. The largest absolute Gasteiger partial charge is 0.391 e. The van der Waals surface area contributed by atoms with E-state index in [1.165, 1.54) is 0 Å². The number of allylic oxidation sites excluding steroid dienone is 2. The molecule has 0 rings (SSSR count). The van der Waals surface area contributed by atoms with E-state index in [1.54, 1.807) is 0 Å². The fraction of sp³-hybridized carbons (Fsp3) is 0.810. The monoisotopic (exact) mass is 416 g/mol. The van der Waals surface area contributed by atoms with E-state index in [0.29, 0.717) is 26.4 Å². The maximum Gasteiger partial charge on any atom is 0.372 e. The predicted octanol–water partition coefficient (Wildman–Crippen LogP) is 6.13. The molecule has 0 bridgehead atoms. The summed E-state index contributed by atoms with van der Waals surface area (Å²) in [6, 6.07) is 0. The van der Waals surface area contributed by atoms with Crippen LogP contribution < -0.4 is 0 Å². The average molecular weight is 417 g/mol. The summed E-state index contributed by atoms with van der Waals surface area (Å²) >= 11 is 0. The summed E-state index contributed by atoms with van der Waals surface area (Å²) in [4.78, 5) is 0. The van der Waals surface area contributed by atoms with E-state index in [9.17, 15) is 0 Å². The Bertz CT molecular complexity index is 382. The first-order chi connectivity index (χ1) is 12.9. The molecule has 0 N–H and O–H groups in total. The molecule has 0 fully saturated rings. The van der Waals surface area contributed by atoms with Gasteiger partial charge in [-0.25, -0.2) is 0 Å². The number of hydrogen-bond donors (Lipinski definition) is 0. The molecular formula is C21H44O4Si2. The number of hydrogen-bond acceptors (Lipinski definition) is 4. The lowest BCUT2D eigenvalue weighted by Gasteiger charge is -2.49. The van der Waals surface area contributed by atoms with Gasteiger partial charge in [-0.05, 0) is 50.9 Å². The van der Waals surface area contributed by atoms with Crippen molar-refractivity contribution in [2.45, 2.75) is 85.7 Å². The predicted molar refractivity (Wildman–Crippen MR) is 120 cm³/mol. The minimum atomic E-state index is -2.76. The average Bonchev–Trinajstić information content (AvgIpc) is 2.66. The Morgan fingerprint density at radius 2 is 0.852 bits per heavy atom. The van der Waals surface area contributed by atoms with Crippen LogP contribution in [0.2, 0.25) is 4.66 Å². The van der Waals surface area contributed by atoms with Crippen LogP contribution in [0.4, 0.5) is 0 Å². The second-order valence-corrected chi connectivity index (χ2v) is 14.8. The zero-order chi connectivity index (χ0) is 20.8. The Hall–Kier alpha value is -0.246. The molecule has 0 unspecified atom stereocenters. The second-order valence-electron chi connectivity index (χ2n) is 7.35. The summed E-state index contributed by atoms with van der Waals surface area (Å²) in [6.07, 6.45) is 7.99. The second kappa shape index (κ2) is 13.9. The van der Waals surface area contributed by atoms with Gasteiger partial charge < -0.3 is 17.7 Å². The molecule has 0 atom stereocenters. The summed E-state index contributed by atoms with van der Waals surface area (Å²) in [5.74, 6) is 0. The Labute approximate surface area is 170 Å². The summed E-state index contributed by atoms with van der Waals surface area (Å²) in [7, 11) is -5.52. The van der Waals surface area contributed by atoms with Gasteiger partial charge in [0.15, 0.2) is 0 Å². The SMILES string of the molecule is CC=C[Si](OCCC)(OCCC)C(C)(C)[Si](C=CC)(OCCC)OCCC. The van der Waals surface area contributed by atoms with Gasteiger partial charge in [-0.15, -0.1) is 0 Å². The van der Waals surface area contributed by atoms with E-state index in [4.69, 9.17) is 17.7 Å². The van der Waals surface area contributed by atoms with Crippen molar-refractivity contribution in [3.8, 4) is 0 Å². The molecule has 0 aromatic heterocycles. The third kappa shape index (κ3) is 6.94.